The molecular weight excluding hydrogens is 316 g/mol. The van der Waals surface area contributed by atoms with Crippen molar-refractivity contribution >= 4 is 5.96 Å². The van der Waals surface area contributed by atoms with Crippen LogP contribution in [0.25, 0.3) is 5.82 Å². The number of aliphatic imine (C=N–C) groups is 1. The number of nitrogens with one attached hydrogen (secondary N) is 2. The zero-order valence-corrected chi connectivity index (χ0v) is 14.7. The van der Waals surface area contributed by atoms with Gasteiger partial charge in [-0.3, -0.25) is 9.56 Å². The van der Waals surface area contributed by atoms with E-state index in [1.54, 1.807) is 19.6 Å². The van der Waals surface area contributed by atoms with E-state index in [2.05, 4.69) is 25.6 Å². The fourth-order valence-corrected chi connectivity index (χ4v) is 2.39. The Morgan fingerprint density at radius 2 is 2.28 bits per heavy atom. The van der Waals surface area contributed by atoms with E-state index >= 15 is 0 Å². The highest BCUT2D eigenvalue weighted by atomic mass is 16.5. The Hall–Kier alpha value is -2.41. The summed E-state index contributed by atoms with van der Waals surface area (Å²) in [6, 6.07) is 4.03. The predicted octanol–water partition coefficient (Wildman–Crippen LogP) is 1.75. The van der Waals surface area contributed by atoms with E-state index in [9.17, 15) is 0 Å². The highest BCUT2D eigenvalue weighted by Gasteiger charge is 2.20. The van der Waals surface area contributed by atoms with Crippen LogP contribution in [-0.2, 0) is 11.3 Å². The Morgan fingerprint density at radius 3 is 2.96 bits per heavy atom. The number of ether oxygens (including phenoxy) is 1. The zero-order chi connectivity index (χ0) is 17.3. The Morgan fingerprint density at radius 1 is 1.36 bits per heavy atom. The molecular formula is C18H26N6O. The number of rotatable bonds is 9. The third kappa shape index (κ3) is 5.86. The van der Waals surface area contributed by atoms with Crippen molar-refractivity contribution in [3.05, 3.63) is 42.6 Å². The van der Waals surface area contributed by atoms with E-state index in [0.29, 0.717) is 6.54 Å². The first-order valence-electron chi connectivity index (χ1n) is 8.80. The highest BCUT2D eigenvalue weighted by molar-refractivity contribution is 5.79. The zero-order valence-electron chi connectivity index (χ0n) is 14.7. The number of hydrogen-bond acceptors (Lipinski definition) is 4. The van der Waals surface area contributed by atoms with Gasteiger partial charge in [0.15, 0.2) is 5.96 Å². The maximum Gasteiger partial charge on any atom is 0.191 e. The minimum Gasteiger partial charge on any atom is -0.381 e. The topological polar surface area (TPSA) is 76.4 Å². The molecule has 1 aliphatic carbocycles. The van der Waals surface area contributed by atoms with Gasteiger partial charge in [0, 0.05) is 51.9 Å². The maximum absolute atomic E-state index is 5.63. The molecule has 2 aromatic rings. The monoisotopic (exact) mass is 342 g/mol. The SMILES string of the molecule is CN=C(NCCCOCC1CC1)NCc1ccc(-n2ccnc2)nc1. The molecule has 0 unspecified atom stereocenters. The molecule has 7 heteroatoms. The minimum atomic E-state index is 0.676. The molecule has 2 N–H and O–H groups in total. The highest BCUT2D eigenvalue weighted by Crippen LogP contribution is 2.28. The van der Waals surface area contributed by atoms with Crippen molar-refractivity contribution in [3.8, 4) is 5.82 Å². The van der Waals surface area contributed by atoms with Gasteiger partial charge in [0.05, 0.1) is 0 Å². The van der Waals surface area contributed by atoms with Gasteiger partial charge in [-0.2, -0.15) is 0 Å². The summed E-state index contributed by atoms with van der Waals surface area (Å²) in [6.07, 6.45) is 10.9. The molecule has 1 aliphatic rings. The van der Waals surface area contributed by atoms with Gasteiger partial charge < -0.3 is 15.4 Å². The second kappa shape index (κ2) is 9.17. The predicted molar refractivity (Wildman–Crippen MR) is 97.7 cm³/mol. The van der Waals surface area contributed by atoms with Crippen LogP contribution in [0.3, 0.4) is 0 Å². The van der Waals surface area contributed by atoms with Crippen molar-refractivity contribution in [2.24, 2.45) is 10.9 Å². The van der Waals surface area contributed by atoms with E-state index in [1.807, 2.05) is 29.1 Å². The van der Waals surface area contributed by atoms with E-state index in [-0.39, 0.29) is 0 Å². The lowest BCUT2D eigenvalue weighted by Crippen LogP contribution is -2.37. The minimum absolute atomic E-state index is 0.676. The first kappa shape index (κ1) is 17.4. The van der Waals surface area contributed by atoms with Crippen LogP contribution in [-0.4, -0.2) is 47.3 Å². The van der Waals surface area contributed by atoms with Crippen LogP contribution < -0.4 is 10.6 Å². The van der Waals surface area contributed by atoms with E-state index < -0.39 is 0 Å². The average molecular weight is 342 g/mol. The molecule has 0 aromatic carbocycles. The third-order valence-corrected chi connectivity index (χ3v) is 4.07. The van der Waals surface area contributed by atoms with Gasteiger partial charge in [-0.15, -0.1) is 0 Å². The van der Waals surface area contributed by atoms with Crippen LogP contribution in [0, 0.1) is 5.92 Å². The fraction of sp³-hybridized carbons (Fsp3) is 0.500. The normalized spacial score (nSPS) is 14.5. The second-order valence-corrected chi connectivity index (χ2v) is 6.22. The molecule has 2 heterocycles. The number of aromatic nitrogens is 3. The third-order valence-electron chi connectivity index (χ3n) is 4.07. The smallest absolute Gasteiger partial charge is 0.191 e. The van der Waals surface area contributed by atoms with E-state index in [1.165, 1.54) is 12.8 Å². The first-order chi connectivity index (χ1) is 12.3. The summed E-state index contributed by atoms with van der Waals surface area (Å²) in [5.74, 6) is 2.48. The molecule has 0 saturated heterocycles. The standard InChI is InChI=1S/C18H26N6O/c1-19-18(21-7-2-10-25-13-15-3-4-15)23-12-16-5-6-17(22-11-16)24-9-8-20-14-24/h5-6,8-9,11,14-15H,2-4,7,10,12-13H2,1H3,(H2,19,21,23). The summed E-state index contributed by atoms with van der Waals surface area (Å²) >= 11 is 0. The van der Waals surface area contributed by atoms with Crippen LogP contribution in [0.15, 0.2) is 42.0 Å². The Bertz CT molecular complexity index is 649. The summed E-state index contributed by atoms with van der Waals surface area (Å²) in [5.41, 5.74) is 1.10. The summed E-state index contributed by atoms with van der Waals surface area (Å²) < 4.78 is 7.51. The first-order valence-corrected chi connectivity index (χ1v) is 8.80. The lowest BCUT2D eigenvalue weighted by molar-refractivity contribution is 0.123. The van der Waals surface area contributed by atoms with Gasteiger partial charge in [-0.1, -0.05) is 6.07 Å². The van der Waals surface area contributed by atoms with Gasteiger partial charge in [-0.05, 0) is 36.8 Å². The van der Waals surface area contributed by atoms with Gasteiger partial charge in [0.25, 0.3) is 0 Å². The molecule has 7 nitrogen and oxygen atoms in total. The summed E-state index contributed by atoms with van der Waals surface area (Å²) in [6.45, 7) is 3.26. The molecule has 2 aromatic heterocycles. The quantitative estimate of drug-likeness (QED) is 0.412. The van der Waals surface area contributed by atoms with Gasteiger partial charge in [0.1, 0.15) is 12.1 Å². The van der Waals surface area contributed by atoms with Gasteiger partial charge >= 0.3 is 0 Å². The Balaban J connectivity index is 1.34. The second-order valence-electron chi connectivity index (χ2n) is 6.22. The van der Waals surface area contributed by atoms with E-state index in [0.717, 1.165) is 49.4 Å². The lowest BCUT2D eigenvalue weighted by Gasteiger charge is -2.12. The molecule has 0 radical (unpaired) electrons. The maximum atomic E-state index is 5.63. The van der Waals surface area contributed by atoms with Crippen LogP contribution in [0.2, 0.25) is 0 Å². The van der Waals surface area contributed by atoms with Gasteiger partial charge in [0.2, 0.25) is 0 Å². The molecule has 0 amide bonds. The summed E-state index contributed by atoms with van der Waals surface area (Å²) in [5, 5.41) is 6.60. The molecule has 1 saturated carbocycles. The molecule has 134 valence electrons. The van der Waals surface area contributed by atoms with Crippen molar-refractivity contribution in [2.45, 2.75) is 25.8 Å². The summed E-state index contributed by atoms with van der Waals surface area (Å²) in [4.78, 5) is 12.7. The molecule has 1 fully saturated rings. The largest absolute Gasteiger partial charge is 0.381 e. The number of hydrogen-bond donors (Lipinski definition) is 2. The van der Waals surface area contributed by atoms with Crippen LogP contribution in [0.1, 0.15) is 24.8 Å². The molecule has 0 aliphatic heterocycles. The molecule has 3 rings (SSSR count). The van der Waals surface area contributed by atoms with Crippen LogP contribution in [0.4, 0.5) is 0 Å². The van der Waals surface area contributed by atoms with Crippen molar-refractivity contribution < 1.29 is 4.74 Å². The van der Waals surface area contributed by atoms with Crippen molar-refractivity contribution in [1.82, 2.24) is 25.2 Å². The van der Waals surface area contributed by atoms with Crippen LogP contribution in [0.5, 0.6) is 0 Å². The Labute approximate surface area is 148 Å². The number of guanidine groups is 1. The van der Waals surface area contributed by atoms with Crippen molar-refractivity contribution in [1.29, 1.82) is 0 Å². The fourth-order valence-electron chi connectivity index (χ4n) is 2.39. The molecule has 25 heavy (non-hydrogen) atoms. The average Bonchev–Trinajstić information content (AvgIpc) is 3.31. The summed E-state index contributed by atoms with van der Waals surface area (Å²) in [7, 11) is 1.78. The molecule has 0 bridgehead atoms. The Kier molecular flexibility index (Phi) is 6.39. The number of nitrogens with zero attached hydrogens (tertiary/aromatic N) is 4. The van der Waals surface area contributed by atoms with Gasteiger partial charge in [-0.25, -0.2) is 9.97 Å². The van der Waals surface area contributed by atoms with Crippen LogP contribution >= 0.6 is 0 Å². The number of imidazole rings is 1. The lowest BCUT2D eigenvalue weighted by atomic mass is 10.3. The number of pyridine rings is 1. The molecule has 0 atom stereocenters. The molecule has 0 spiro atoms. The van der Waals surface area contributed by atoms with Crippen molar-refractivity contribution in [2.75, 3.05) is 26.8 Å². The van der Waals surface area contributed by atoms with E-state index in [4.69, 9.17) is 4.74 Å². The van der Waals surface area contributed by atoms with Crippen molar-refractivity contribution in [3.63, 3.8) is 0 Å².